The fourth-order valence-electron chi connectivity index (χ4n) is 4.96. The van der Waals surface area contributed by atoms with Gasteiger partial charge in [-0.1, -0.05) is 18.2 Å². The van der Waals surface area contributed by atoms with Crippen LogP contribution in [0, 0.1) is 6.92 Å². The van der Waals surface area contributed by atoms with Crippen molar-refractivity contribution in [2.24, 2.45) is 0 Å². The number of amides is 1. The smallest absolute Gasteiger partial charge is 0.339 e. The van der Waals surface area contributed by atoms with Crippen molar-refractivity contribution in [2.75, 3.05) is 13.1 Å². The van der Waals surface area contributed by atoms with Crippen LogP contribution in [0.3, 0.4) is 0 Å². The second-order valence-electron chi connectivity index (χ2n) is 8.38. The zero-order chi connectivity index (χ0) is 19.3. The minimum atomic E-state index is -0.640. The maximum absolute atomic E-state index is 13.6. The Morgan fingerprint density at radius 1 is 1.21 bits per heavy atom. The van der Waals surface area contributed by atoms with Gasteiger partial charge in [-0.15, -0.1) is 0 Å². The molecule has 3 heterocycles. The Bertz CT molecular complexity index is 923. The van der Waals surface area contributed by atoms with Gasteiger partial charge in [0, 0.05) is 19.3 Å². The molecule has 1 amide bonds. The van der Waals surface area contributed by atoms with Gasteiger partial charge in [0.05, 0.1) is 17.8 Å². The van der Waals surface area contributed by atoms with Crippen LogP contribution >= 0.6 is 0 Å². The number of hydrogen-bond acceptors (Lipinski definition) is 4. The van der Waals surface area contributed by atoms with Gasteiger partial charge in [-0.05, 0) is 56.2 Å². The van der Waals surface area contributed by atoms with Crippen LogP contribution in [0.2, 0.25) is 0 Å². The molecule has 2 aromatic rings. The standard InChI is InChI=1S/C22H25N3O3/c1-15-13-23-25(14-15)16-7-11-24(12-8-16)20(26)19-17-5-2-3-6-18(17)21(27)28-22(19)9-4-10-22/h2-3,5-6,13-14,16,19H,4,7-12H2,1H3. The number of aryl methyl sites for hydroxylation is 1. The highest BCUT2D eigenvalue weighted by atomic mass is 16.6. The predicted molar refractivity (Wildman–Crippen MR) is 103 cm³/mol. The van der Waals surface area contributed by atoms with E-state index in [1.807, 2.05) is 40.9 Å². The summed E-state index contributed by atoms with van der Waals surface area (Å²) >= 11 is 0. The lowest BCUT2D eigenvalue weighted by Crippen LogP contribution is -2.56. The van der Waals surface area contributed by atoms with E-state index in [4.69, 9.17) is 4.74 Å². The third kappa shape index (κ3) is 2.65. The highest BCUT2D eigenvalue weighted by Gasteiger charge is 2.56. The van der Waals surface area contributed by atoms with Crippen LogP contribution in [0.1, 0.15) is 65.5 Å². The van der Waals surface area contributed by atoms with E-state index in [0.29, 0.717) is 24.7 Å². The van der Waals surface area contributed by atoms with E-state index in [1.165, 1.54) is 0 Å². The van der Waals surface area contributed by atoms with Gasteiger partial charge in [-0.25, -0.2) is 4.79 Å². The molecule has 1 aliphatic carbocycles. The van der Waals surface area contributed by atoms with Crippen LogP contribution < -0.4 is 0 Å². The van der Waals surface area contributed by atoms with Gasteiger partial charge in [-0.3, -0.25) is 9.48 Å². The van der Waals surface area contributed by atoms with Crippen LogP contribution in [0.4, 0.5) is 0 Å². The van der Waals surface area contributed by atoms with Crippen molar-refractivity contribution in [3.63, 3.8) is 0 Å². The Morgan fingerprint density at radius 2 is 1.96 bits per heavy atom. The summed E-state index contributed by atoms with van der Waals surface area (Å²) in [6.45, 7) is 3.47. The molecule has 1 saturated heterocycles. The van der Waals surface area contributed by atoms with E-state index in [1.54, 1.807) is 6.07 Å². The number of esters is 1. The van der Waals surface area contributed by atoms with Crippen molar-refractivity contribution < 1.29 is 14.3 Å². The molecule has 0 N–H and O–H groups in total. The van der Waals surface area contributed by atoms with E-state index < -0.39 is 5.60 Å². The zero-order valence-electron chi connectivity index (χ0n) is 16.1. The molecule has 5 rings (SSSR count). The fraction of sp³-hybridized carbons (Fsp3) is 0.500. The molecule has 2 aliphatic heterocycles. The molecule has 0 radical (unpaired) electrons. The molecule has 1 atom stereocenters. The third-order valence-corrected chi connectivity index (χ3v) is 6.64. The van der Waals surface area contributed by atoms with Crippen molar-refractivity contribution in [3.8, 4) is 0 Å². The normalized spacial score (nSPS) is 23.8. The molecule has 3 aliphatic rings. The first-order chi connectivity index (χ1) is 13.6. The number of rotatable bonds is 2. The molecule has 6 nitrogen and oxygen atoms in total. The molecule has 1 aromatic heterocycles. The Kier molecular flexibility index (Phi) is 4.03. The van der Waals surface area contributed by atoms with Gasteiger partial charge in [-0.2, -0.15) is 5.10 Å². The molecule has 1 spiro atoms. The quantitative estimate of drug-likeness (QED) is 0.752. The number of carbonyl (C=O) groups excluding carboxylic acids is 2. The van der Waals surface area contributed by atoms with Crippen molar-refractivity contribution >= 4 is 11.9 Å². The van der Waals surface area contributed by atoms with Crippen LogP contribution in [-0.4, -0.2) is 45.2 Å². The number of fused-ring (bicyclic) bond motifs is 1. The van der Waals surface area contributed by atoms with E-state index in [9.17, 15) is 9.59 Å². The number of likely N-dealkylation sites (tertiary alicyclic amines) is 1. The van der Waals surface area contributed by atoms with E-state index >= 15 is 0 Å². The van der Waals surface area contributed by atoms with Crippen LogP contribution in [0.25, 0.3) is 0 Å². The van der Waals surface area contributed by atoms with Gasteiger partial charge in [0.25, 0.3) is 0 Å². The molecule has 1 aromatic carbocycles. The molecular weight excluding hydrogens is 354 g/mol. The van der Waals surface area contributed by atoms with Gasteiger partial charge in [0.2, 0.25) is 5.91 Å². The average molecular weight is 379 g/mol. The molecule has 1 saturated carbocycles. The average Bonchev–Trinajstić information content (AvgIpc) is 3.13. The molecule has 28 heavy (non-hydrogen) atoms. The van der Waals surface area contributed by atoms with Crippen LogP contribution in [0.5, 0.6) is 0 Å². The number of nitrogens with zero attached hydrogens (tertiary/aromatic N) is 3. The Balaban J connectivity index is 1.38. The zero-order valence-corrected chi connectivity index (χ0v) is 16.1. The lowest BCUT2D eigenvalue weighted by atomic mass is 9.65. The van der Waals surface area contributed by atoms with Gasteiger partial charge in [0.15, 0.2) is 0 Å². The number of piperidine rings is 1. The Labute approximate surface area is 164 Å². The summed E-state index contributed by atoms with van der Waals surface area (Å²) in [5, 5.41) is 4.44. The van der Waals surface area contributed by atoms with E-state index in [2.05, 4.69) is 11.3 Å². The maximum atomic E-state index is 13.6. The second kappa shape index (κ2) is 6.47. The minimum absolute atomic E-state index is 0.106. The van der Waals surface area contributed by atoms with Crippen molar-refractivity contribution in [1.82, 2.24) is 14.7 Å². The first-order valence-electron chi connectivity index (χ1n) is 10.2. The fourth-order valence-corrected chi connectivity index (χ4v) is 4.96. The van der Waals surface area contributed by atoms with E-state index in [0.717, 1.165) is 43.2 Å². The van der Waals surface area contributed by atoms with Crippen molar-refractivity contribution in [2.45, 2.75) is 56.6 Å². The number of hydrogen-bond donors (Lipinski definition) is 0. The van der Waals surface area contributed by atoms with Crippen LogP contribution in [-0.2, 0) is 9.53 Å². The van der Waals surface area contributed by atoms with Crippen LogP contribution in [0.15, 0.2) is 36.7 Å². The van der Waals surface area contributed by atoms with Crippen molar-refractivity contribution in [1.29, 1.82) is 0 Å². The summed E-state index contributed by atoms with van der Waals surface area (Å²) in [5.74, 6) is -0.555. The van der Waals surface area contributed by atoms with Gasteiger partial charge < -0.3 is 9.64 Å². The molecule has 6 heteroatoms. The SMILES string of the molecule is Cc1cnn(C2CCN(C(=O)C3c4ccccc4C(=O)OC34CCC4)CC2)c1. The second-order valence-corrected chi connectivity index (χ2v) is 8.38. The Morgan fingerprint density at radius 3 is 2.61 bits per heavy atom. The molecule has 1 unspecified atom stereocenters. The Hall–Kier alpha value is -2.63. The topological polar surface area (TPSA) is 64.4 Å². The van der Waals surface area contributed by atoms with Gasteiger partial charge in [0.1, 0.15) is 11.5 Å². The third-order valence-electron chi connectivity index (χ3n) is 6.64. The number of ether oxygens (including phenoxy) is 1. The highest BCUT2D eigenvalue weighted by Crippen LogP contribution is 2.51. The summed E-state index contributed by atoms with van der Waals surface area (Å²) in [5.41, 5.74) is 1.90. The van der Waals surface area contributed by atoms with Gasteiger partial charge >= 0.3 is 5.97 Å². The predicted octanol–water partition coefficient (Wildman–Crippen LogP) is 3.23. The number of aromatic nitrogens is 2. The summed E-state index contributed by atoms with van der Waals surface area (Å²) < 4.78 is 7.88. The number of carbonyl (C=O) groups is 2. The summed E-state index contributed by atoms with van der Waals surface area (Å²) in [6.07, 6.45) is 8.29. The molecule has 2 fully saturated rings. The molecule has 0 bridgehead atoms. The largest absolute Gasteiger partial charge is 0.454 e. The summed E-state index contributed by atoms with van der Waals surface area (Å²) in [4.78, 5) is 28.0. The molecule has 146 valence electrons. The van der Waals surface area contributed by atoms with E-state index in [-0.39, 0.29) is 17.8 Å². The first-order valence-corrected chi connectivity index (χ1v) is 10.2. The maximum Gasteiger partial charge on any atom is 0.339 e. The minimum Gasteiger partial charge on any atom is -0.454 e. The highest BCUT2D eigenvalue weighted by molar-refractivity contribution is 5.98. The van der Waals surface area contributed by atoms with Crippen molar-refractivity contribution in [3.05, 3.63) is 53.3 Å². The summed E-state index contributed by atoms with van der Waals surface area (Å²) in [7, 11) is 0. The monoisotopic (exact) mass is 379 g/mol. The molecular formula is C22H25N3O3. The number of benzene rings is 1. The lowest BCUT2D eigenvalue weighted by Gasteiger charge is -2.50. The first kappa shape index (κ1) is 17.5. The summed E-state index contributed by atoms with van der Waals surface area (Å²) in [6, 6.07) is 7.79. The lowest BCUT2D eigenvalue weighted by molar-refractivity contribution is -0.149.